The normalized spacial score (nSPS) is 17.5. The second kappa shape index (κ2) is 11.2. The van der Waals surface area contributed by atoms with Crippen LogP contribution in [0.5, 0.6) is 0 Å². The Morgan fingerprint density at radius 3 is 2.57 bits per heavy atom. The first-order chi connectivity index (χ1) is 16.8. The third-order valence-corrected chi connectivity index (χ3v) is 7.34. The predicted octanol–water partition coefficient (Wildman–Crippen LogP) is 4.81. The van der Waals surface area contributed by atoms with Crippen molar-refractivity contribution in [2.24, 2.45) is 0 Å². The van der Waals surface area contributed by atoms with E-state index in [1.165, 1.54) is 12.3 Å². The molecule has 2 atom stereocenters. The Bertz CT molecular complexity index is 1070. The number of benzene rings is 1. The lowest BCUT2D eigenvalue weighted by molar-refractivity contribution is -0.175. The van der Waals surface area contributed by atoms with Crippen molar-refractivity contribution in [1.29, 1.82) is 0 Å². The lowest BCUT2D eigenvalue weighted by Gasteiger charge is -2.27. The van der Waals surface area contributed by atoms with Crippen LogP contribution in [0.25, 0.3) is 11.5 Å². The van der Waals surface area contributed by atoms with Gasteiger partial charge in [0.15, 0.2) is 0 Å². The molecule has 3 heterocycles. The van der Waals surface area contributed by atoms with E-state index >= 15 is 0 Å². The molecule has 3 aromatic rings. The largest absolute Gasteiger partial charge is 0.598 e. The fraction of sp³-hybridized carbons (Fsp3) is 0.542. The molecule has 0 radical (unpaired) electrons. The van der Waals surface area contributed by atoms with Crippen LogP contribution in [0.2, 0.25) is 0 Å². The summed E-state index contributed by atoms with van der Waals surface area (Å²) in [6, 6.07) is 7.55. The van der Waals surface area contributed by atoms with E-state index in [1.807, 2.05) is 20.8 Å². The smallest absolute Gasteiger partial charge is 0.250 e. The fourth-order valence-corrected chi connectivity index (χ4v) is 4.66. The minimum atomic E-state index is -1.35. The summed E-state index contributed by atoms with van der Waals surface area (Å²) in [6.45, 7) is 6.68. The molecule has 11 heteroatoms. The second-order valence-electron chi connectivity index (χ2n) is 9.41. The van der Waals surface area contributed by atoms with Gasteiger partial charge in [0, 0.05) is 23.8 Å². The summed E-state index contributed by atoms with van der Waals surface area (Å²) in [4.78, 5) is 0. The summed E-state index contributed by atoms with van der Waals surface area (Å²) in [5.74, 6) is -0.929. The lowest BCUT2D eigenvalue weighted by atomic mass is 10.0. The molecule has 1 saturated heterocycles. The zero-order chi connectivity index (χ0) is 24.9. The van der Waals surface area contributed by atoms with Crippen molar-refractivity contribution in [2.45, 2.75) is 69.5 Å². The van der Waals surface area contributed by atoms with Gasteiger partial charge in [0.05, 0.1) is 18.8 Å². The van der Waals surface area contributed by atoms with E-state index in [4.69, 9.17) is 18.4 Å². The molecule has 0 aliphatic carbocycles. The van der Waals surface area contributed by atoms with Crippen molar-refractivity contribution in [3.05, 3.63) is 54.0 Å². The van der Waals surface area contributed by atoms with Gasteiger partial charge in [-0.3, -0.25) is 0 Å². The lowest BCUT2D eigenvalue weighted by Crippen LogP contribution is -2.41. The number of nitrogens with one attached hydrogen (secondary N) is 1. The highest BCUT2D eigenvalue weighted by molar-refractivity contribution is 7.90. The Morgan fingerprint density at radius 1 is 1.11 bits per heavy atom. The highest BCUT2D eigenvalue weighted by Gasteiger charge is 2.40. The van der Waals surface area contributed by atoms with E-state index in [0.717, 1.165) is 19.3 Å². The fourth-order valence-electron chi connectivity index (χ4n) is 3.82. The molecule has 4 rings (SSSR count). The number of unbranched alkanes of at least 4 members (excludes halogenated alkanes) is 2. The zero-order valence-electron chi connectivity index (χ0n) is 20.2. The molecule has 190 valence electrons. The van der Waals surface area contributed by atoms with Crippen molar-refractivity contribution < 1.29 is 27.4 Å². The van der Waals surface area contributed by atoms with E-state index in [9.17, 15) is 8.94 Å². The Labute approximate surface area is 207 Å². The monoisotopic (exact) mass is 506 g/mol. The Morgan fingerprint density at radius 2 is 1.89 bits per heavy atom. The molecule has 0 spiro atoms. The molecule has 1 fully saturated rings. The first kappa shape index (κ1) is 25.8. The number of ether oxygens (including phenoxy) is 2. The summed E-state index contributed by atoms with van der Waals surface area (Å²) >= 11 is -1.35. The van der Waals surface area contributed by atoms with Crippen LogP contribution in [0.1, 0.15) is 70.5 Å². The summed E-state index contributed by atoms with van der Waals surface area (Å²) < 4.78 is 52.2. The maximum atomic E-state index is 14.2. The molecule has 1 aromatic carbocycles. The molecule has 1 aliphatic heterocycles. The number of halogens is 1. The number of hydrogen-bond donors (Lipinski definition) is 1. The zero-order valence-corrected chi connectivity index (χ0v) is 21.0. The van der Waals surface area contributed by atoms with Gasteiger partial charge in [0.1, 0.15) is 28.6 Å². The van der Waals surface area contributed by atoms with Crippen molar-refractivity contribution in [2.75, 3.05) is 13.2 Å². The third-order valence-electron chi connectivity index (χ3n) is 5.73. The molecule has 1 aliphatic rings. The number of nitrogens with zero attached hydrogens (tertiary/aromatic N) is 3. The van der Waals surface area contributed by atoms with Gasteiger partial charge in [-0.25, -0.2) is 4.39 Å². The molecule has 1 N–H and O–H groups in total. The van der Waals surface area contributed by atoms with E-state index in [2.05, 4.69) is 20.1 Å². The van der Waals surface area contributed by atoms with Crippen molar-refractivity contribution in [1.82, 2.24) is 20.1 Å². The second-order valence-corrected chi connectivity index (χ2v) is 11.4. The standard InChI is InChI=1S/C24H31FN4O5S/c1-23(2,3)35(30)29-19(22-27-26-21(34-22)17-9-6-7-10-18(17)25)11-5-4-8-13-24(31-15-16-32-24)20-12-14-33-28-20/h6-7,9-10,12,14,19,29H,4-5,8,11,13,15-16H2,1-3H3/t19-,35+/m0/s1. The van der Waals surface area contributed by atoms with Crippen molar-refractivity contribution >= 4 is 11.4 Å². The summed E-state index contributed by atoms with van der Waals surface area (Å²) in [5.41, 5.74) is 0.873. The number of hydrogen-bond acceptors (Lipinski definition) is 9. The van der Waals surface area contributed by atoms with Gasteiger partial charge < -0.3 is 23.0 Å². The maximum Gasteiger partial charge on any atom is 0.250 e. The summed E-state index contributed by atoms with van der Waals surface area (Å²) in [5, 5.41) is 12.2. The molecule has 9 nitrogen and oxygen atoms in total. The van der Waals surface area contributed by atoms with Crippen LogP contribution in [0.15, 0.2) is 45.5 Å². The van der Waals surface area contributed by atoms with Crippen LogP contribution in [0.4, 0.5) is 4.39 Å². The molecule has 35 heavy (non-hydrogen) atoms. The van der Waals surface area contributed by atoms with Gasteiger partial charge in [-0.1, -0.05) is 30.1 Å². The Hall–Kier alpha value is -2.31. The summed E-state index contributed by atoms with van der Waals surface area (Å²) in [7, 11) is 0. The molecule has 0 amide bonds. The molecular formula is C24H31FN4O5S. The van der Waals surface area contributed by atoms with Crippen LogP contribution in [0.3, 0.4) is 0 Å². The quantitative estimate of drug-likeness (QED) is 0.289. The van der Waals surface area contributed by atoms with Crippen molar-refractivity contribution in [3.63, 3.8) is 0 Å². The number of rotatable bonds is 11. The minimum Gasteiger partial charge on any atom is -0.598 e. The molecule has 2 aromatic heterocycles. The van der Waals surface area contributed by atoms with Gasteiger partial charge in [-0.2, -0.15) is 0 Å². The van der Waals surface area contributed by atoms with Crippen LogP contribution in [-0.2, 0) is 26.6 Å². The van der Waals surface area contributed by atoms with E-state index in [0.29, 0.717) is 31.7 Å². The topological polar surface area (TPSA) is 118 Å². The molecular weight excluding hydrogens is 475 g/mol. The number of aromatic nitrogens is 3. The first-order valence-corrected chi connectivity index (χ1v) is 12.9. The van der Waals surface area contributed by atoms with Gasteiger partial charge in [-0.05, 0) is 45.7 Å². The highest BCUT2D eigenvalue weighted by Crippen LogP contribution is 2.36. The maximum absolute atomic E-state index is 14.2. The van der Waals surface area contributed by atoms with Crippen LogP contribution < -0.4 is 4.72 Å². The minimum absolute atomic E-state index is 0.0940. The van der Waals surface area contributed by atoms with Crippen LogP contribution in [0, 0.1) is 5.82 Å². The van der Waals surface area contributed by atoms with E-state index in [1.54, 1.807) is 24.3 Å². The van der Waals surface area contributed by atoms with E-state index in [-0.39, 0.29) is 17.3 Å². The van der Waals surface area contributed by atoms with E-state index < -0.39 is 33.8 Å². The van der Waals surface area contributed by atoms with Crippen LogP contribution in [-0.4, -0.2) is 37.9 Å². The van der Waals surface area contributed by atoms with Crippen LogP contribution >= 0.6 is 0 Å². The molecule has 0 saturated carbocycles. The van der Waals surface area contributed by atoms with Gasteiger partial charge in [-0.15, -0.1) is 14.9 Å². The first-order valence-electron chi connectivity index (χ1n) is 11.7. The Kier molecular flexibility index (Phi) is 8.23. The predicted molar refractivity (Wildman–Crippen MR) is 127 cm³/mol. The Balaban J connectivity index is 1.39. The average Bonchev–Trinajstić information content (AvgIpc) is 3.60. The van der Waals surface area contributed by atoms with Gasteiger partial charge in [0.2, 0.25) is 11.7 Å². The third kappa shape index (κ3) is 6.28. The molecule has 0 unspecified atom stereocenters. The molecule has 0 bridgehead atoms. The SMILES string of the molecule is CC(C)(C)[S@@+]([O-])N[C@@H](CCCCCC1(c2ccon2)OCCO1)c1nnc(-c2ccccc2F)o1. The van der Waals surface area contributed by atoms with Crippen molar-refractivity contribution in [3.8, 4) is 11.5 Å². The summed E-state index contributed by atoms with van der Waals surface area (Å²) in [6.07, 6.45) is 5.25. The van der Waals surface area contributed by atoms with Gasteiger partial charge >= 0.3 is 0 Å². The highest BCUT2D eigenvalue weighted by atomic mass is 32.2. The average molecular weight is 507 g/mol. The van der Waals surface area contributed by atoms with Gasteiger partial charge in [0.25, 0.3) is 5.89 Å².